The Morgan fingerprint density at radius 3 is 2.76 bits per heavy atom. The van der Waals surface area contributed by atoms with Crippen molar-refractivity contribution < 1.29 is 4.79 Å². The molecule has 1 amide bonds. The molecular formula is C20H19N3O2. The molecule has 0 aliphatic carbocycles. The van der Waals surface area contributed by atoms with Crippen molar-refractivity contribution in [2.24, 2.45) is 0 Å². The number of hydrogen-bond acceptors (Lipinski definition) is 3. The molecule has 0 saturated carbocycles. The molecule has 25 heavy (non-hydrogen) atoms. The highest BCUT2D eigenvalue weighted by molar-refractivity contribution is 6.06. The summed E-state index contributed by atoms with van der Waals surface area (Å²) in [7, 11) is 0. The van der Waals surface area contributed by atoms with E-state index in [2.05, 4.69) is 17.2 Å². The van der Waals surface area contributed by atoms with Crippen molar-refractivity contribution in [2.45, 2.75) is 32.7 Å². The van der Waals surface area contributed by atoms with E-state index >= 15 is 0 Å². The first kappa shape index (κ1) is 15.6. The van der Waals surface area contributed by atoms with Crippen LogP contribution in [0.25, 0.3) is 10.9 Å². The highest BCUT2D eigenvalue weighted by atomic mass is 16.1. The minimum atomic E-state index is -0.200. The largest absolute Gasteiger partial charge is 0.322 e. The van der Waals surface area contributed by atoms with E-state index in [-0.39, 0.29) is 11.5 Å². The van der Waals surface area contributed by atoms with Crippen molar-refractivity contribution in [3.63, 3.8) is 0 Å². The lowest BCUT2D eigenvalue weighted by atomic mass is 10.1. The van der Waals surface area contributed by atoms with Gasteiger partial charge in [0.25, 0.3) is 11.5 Å². The third kappa shape index (κ3) is 2.82. The lowest BCUT2D eigenvalue weighted by Crippen LogP contribution is -2.21. The van der Waals surface area contributed by atoms with Gasteiger partial charge in [-0.2, -0.15) is 0 Å². The zero-order valence-electron chi connectivity index (χ0n) is 14.1. The van der Waals surface area contributed by atoms with Crippen LogP contribution in [0, 0.1) is 0 Å². The quantitative estimate of drug-likeness (QED) is 0.801. The zero-order chi connectivity index (χ0) is 17.4. The molecule has 0 bridgehead atoms. The average Bonchev–Trinajstić information content (AvgIpc) is 3.11. The molecule has 3 aromatic rings. The van der Waals surface area contributed by atoms with Crippen LogP contribution in [0.1, 0.15) is 35.1 Å². The van der Waals surface area contributed by atoms with E-state index in [4.69, 9.17) is 0 Å². The van der Waals surface area contributed by atoms with Crippen molar-refractivity contribution in [3.05, 3.63) is 69.8 Å². The number of nitrogens with zero attached hydrogens (tertiary/aromatic N) is 2. The van der Waals surface area contributed by atoms with Crippen molar-refractivity contribution in [3.8, 4) is 0 Å². The van der Waals surface area contributed by atoms with Gasteiger partial charge in [0, 0.05) is 24.2 Å². The highest BCUT2D eigenvalue weighted by Crippen LogP contribution is 2.17. The second-order valence-electron chi connectivity index (χ2n) is 6.32. The molecule has 1 aliphatic rings. The predicted octanol–water partition coefficient (Wildman–Crippen LogP) is 3.16. The summed E-state index contributed by atoms with van der Waals surface area (Å²) >= 11 is 0. The number of anilines is 1. The number of rotatable bonds is 3. The average molecular weight is 333 g/mol. The lowest BCUT2D eigenvalue weighted by molar-refractivity contribution is 0.102. The van der Waals surface area contributed by atoms with Gasteiger partial charge in [-0.3, -0.25) is 14.2 Å². The molecule has 1 N–H and O–H groups in total. The lowest BCUT2D eigenvalue weighted by Gasteiger charge is -2.08. The van der Waals surface area contributed by atoms with Gasteiger partial charge in [-0.25, -0.2) is 4.98 Å². The Bertz CT molecular complexity index is 1020. The maximum Gasteiger partial charge on any atom is 0.261 e. The first-order valence-electron chi connectivity index (χ1n) is 8.59. The third-order valence-corrected chi connectivity index (χ3v) is 4.70. The second kappa shape index (κ2) is 6.16. The van der Waals surface area contributed by atoms with Gasteiger partial charge in [0.15, 0.2) is 0 Å². The van der Waals surface area contributed by atoms with Crippen LogP contribution < -0.4 is 10.9 Å². The predicted molar refractivity (Wildman–Crippen MR) is 98.1 cm³/mol. The molecule has 5 nitrogen and oxygen atoms in total. The van der Waals surface area contributed by atoms with Crippen LogP contribution in [0.3, 0.4) is 0 Å². The maximum absolute atomic E-state index is 12.5. The van der Waals surface area contributed by atoms with E-state index in [1.807, 2.05) is 24.3 Å². The molecule has 0 spiro atoms. The van der Waals surface area contributed by atoms with Crippen molar-refractivity contribution in [2.75, 3.05) is 5.32 Å². The third-order valence-electron chi connectivity index (χ3n) is 4.70. The smallest absolute Gasteiger partial charge is 0.261 e. The Kier molecular flexibility index (Phi) is 3.84. The fourth-order valence-electron chi connectivity index (χ4n) is 3.25. The summed E-state index contributed by atoms with van der Waals surface area (Å²) in [5.74, 6) is 0.610. The van der Waals surface area contributed by atoms with Crippen molar-refractivity contribution in [1.29, 1.82) is 0 Å². The number of nitrogens with one attached hydrogen (secondary N) is 1. The number of fused-ring (bicyclic) bond motifs is 2. The summed E-state index contributed by atoms with van der Waals surface area (Å²) in [4.78, 5) is 29.6. The molecule has 0 unspecified atom stereocenters. The van der Waals surface area contributed by atoms with Gasteiger partial charge in [-0.15, -0.1) is 0 Å². The fourth-order valence-corrected chi connectivity index (χ4v) is 3.25. The molecule has 0 radical (unpaired) electrons. The number of benzene rings is 2. The van der Waals surface area contributed by atoms with Crippen LogP contribution in [0.15, 0.2) is 47.3 Å². The molecule has 1 aliphatic heterocycles. The summed E-state index contributed by atoms with van der Waals surface area (Å²) in [6.07, 6.45) is 2.72. The summed E-state index contributed by atoms with van der Waals surface area (Å²) in [6, 6.07) is 12.9. The van der Waals surface area contributed by atoms with Gasteiger partial charge in [0.2, 0.25) is 0 Å². The Balaban J connectivity index is 1.65. The standard InChI is InChI=1S/C20H19N3O2/c1-2-13-5-8-15(9-6-13)21-19(24)14-7-10-16-17(12-14)22-18-4-3-11-23(18)20(16)25/h5-10,12H,2-4,11H2,1H3,(H,21,24). The number of aromatic nitrogens is 2. The van der Waals surface area contributed by atoms with E-state index in [9.17, 15) is 9.59 Å². The van der Waals surface area contributed by atoms with Crippen LogP contribution in [-0.2, 0) is 19.4 Å². The Morgan fingerprint density at radius 2 is 2.00 bits per heavy atom. The molecule has 2 aromatic carbocycles. The number of carbonyl (C=O) groups is 1. The Hall–Kier alpha value is -2.95. The summed E-state index contributed by atoms with van der Waals surface area (Å²) in [6.45, 7) is 2.82. The van der Waals surface area contributed by atoms with E-state index in [0.29, 0.717) is 16.5 Å². The summed E-state index contributed by atoms with van der Waals surface area (Å²) in [5.41, 5.74) is 3.06. The van der Waals surface area contributed by atoms with Gasteiger partial charge < -0.3 is 5.32 Å². The number of hydrogen-bond donors (Lipinski definition) is 1. The van der Waals surface area contributed by atoms with Crippen LogP contribution in [0.2, 0.25) is 0 Å². The van der Waals surface area contributed by atoms with E-state index in [0.717, 1.165) is 37.3 Å². The number of carbonyl (C=O) groups excluding carboxylic acids is 1. The molecule has 0 saturated heterocycles. The molecule has 126 valence electrons. The van der Waals surface area contributed by atoms with Crippen LogP contribution in [-0.4, -0.2) is 15.5 Å². The number of aryl methyl sites for hydroxylation is 2. The number of amides is 1. The zero-order valence-corrected chi connectivity index (χ0v) is 14.1. The van der Waals surface area contributed by atoms with Crippen LogP contribution >= 0.6 is 0 Å². The Labute approximate surface area is 145 Å². The molecule has 5 heteroatoms. The highest BCUT2D eigenvalue weighted by Gasteiger charge is 2.17. The van der Waals surface area contributed by atoms with Gasteiger partial charge >= 0.3 is 0 Å². The van der Waals surface area contributed by atoms with Gasteiger partial charge in [-0.05, 0) is 48.7 Å². The van der Waals surface area contributed by atoms with Gasteiger partial charge in [0.1, 0.15) is 5.82 Å². The molecule has 0 atom stereocenters. The summed E-state index contributed by atoms with van der Waals surface area (Å²) in [5, 5.41) is 3.46. The van der Waals surface area contributed by atoms with E-state index in [1.54, 1.807) is 22.8 Å². The van der Waals surface area contributed by atoms with Crippen LogP contribution in [0.4, 0.5) is 5.69 Å². The van der Waals surface area contributed by atoms with Crippen molar-refractivity contribution in [1.82, 2.24) is 9.55 Å². The Morgan fingerprint density at radius 1 is 1.20 bits per heavy atom. The van der Waals surface area contributed by atoms with Crippen LogP contribution in [0.5, 0.6) is 0 Å². The van der Waals surface area contributed by atoms with E-state index < -0.39 is 0 Å². The molecule has 4 rings (SSSR count). The van der Waals surface area contributed by atoms with E-state index in [1.165, 1.54) is 5.56 Å². The normalized spacial score (nSPS) is 13.0. The topological polar surface area (TPSA) is 64.0 Å². The van der Waals surface area contributed by atoms with Crippen molar-refractivity contribution >= 4 is 22.5 Å². The van der Waals surface area contributed by atoms with Gasteiger partial charge in [0.05, 0.1) is 10.9 Å². The monoisotopic (exact) mass is 333 g/mol. The fraction of sp³-hybridized carbons (Fsp3) is 0.250. The maximum atomic E-state index is 12.5. The minimum Gasteiger partial charge on any atom is -0.322 e. The first-order chi connectivity index (χ1) is 12.2. The minimum absolute atomic E-state index is 0.0142. The van der Waals surface area contributed by atoms with Gasteiger partial charge in [-0.1, -0.05) is 19.1 Å². The SMILES string of the molecule is CCc1ccc(NC(=O)c2ccc3c(=O)n4c(nc3c2)CCC4)cc1. The molecule has 2 heterocycles. The first-order valence-corrected chi connectivity index (χ1v) is 8.59. The molecular weight excluding hydrogens is 314 g/mol. The second-order valence-corrected chi connectivity index (χ2v) is 6.32. The summed E-state index contributed by atoms with van der Waals surface area (Å²) < 4.78 is 1.73. The molecule has 0 fully saturated rings. The molecule has 1 aromatic heterocycles.